The number of ether oxygens (including phenoxy) is 1. The Morgan fingerprint density at radius 3 is 2.21 bits per heavy atom. The van der Waals surface area contributed by atoms with Crippen molar-refractivity contribution in [3.05, 3.63) is 53.3 Å². The first kappa shape index (κ1) is 21.2. The van der Waals surface area contributed by atoms with Crippen LogP contribution in [0.3, 0.4) is 0 Å². The number of alkyl halides is 6. The maximum absolute atomic E-state index is 13.9. The fraction of sp³-hybridized carbons (Fsp3) is 0.300. The smallest absolute Gasteiger partial charge is 0.407 e. The summed E-state index contributed by atoms with van der Waals surface area (Å²) in [6, 6.07) is 2.58. The highest BCUT2D eigenvalue weighted by atomic mass is 19.4. The van der Waals surface area contributed by atoms with Gasteiger partial charge in [-0.3, -0.25) is 9.69 Å². The van der Waals surface area contributed by atoms with Crippen LogP contribution in [-0.2, 0) is 17.1 Å². The van der Waals surface area contributed by atoms with Crippen LogP contribution in [0.5, 0.6) is 5.75 Å². The Kier molecular flexibility index (Phi) is 5.45. The minimum absolute atomic E-state index is 0.0120. The van der Waals surface area contributed by atoms with Crippen LogP contribution in [0.25, 0.3) is 0 Å². The van der Waals surface area contributed by atoms with Crippen molar-refractivity contribution in [2.24, 2.45) is 0 Å². The molecule has 0 bridgehead atoms. The predicted molar refractivity (Wildman–Crippen MR) is 102 cm³/mol. The number of hydrogen-bond donors (Lipinski definition) is 2. The van der Waals surface area contributed by atoms with Gasteiger partial charge in [0.15, 0.2) is 11.9 Å². The molecule has 184 valence electrons. The summed E-state index contributed by atoms with van der Waals surface area (Å²) in [4.78, 5) is 25.1. The summed E-state index contributed by atoms with van der Waals surface area (Å²) in [6.45, 7) is -4.42. The standard InChI is InChI=1S/C20H15F7N2O5/c1-28(11-4-2-10(21)3-5-11)18(33)34-16-12(20(25,26)27)6-9(19(22,23)24)7-13(16)29-8-14(30)15(31)17(29)32/h2-7,14-15,30-31H,8H2,1H3/t14-,15+/m1/s1/i1D3. The maximum atomic E-state index is 13.9. The average molecular weight is 499 g/mol. The molecule has 1 aliphatic rings. The molecule has 0 radical (unpaired) electrons. The van der Waals surface area contributed by atoms with E-state index >= 15 is 0 Å². The minimum atomic E-state index is -5.63. The lowest BCUT2D eigenvalue weighted by molar-refractivity contribution is -0.143. The molecular weight excluding hydrogens is 481 g/mol. The van der Waals surface area contributed by atoms with Gasteiger partial charge in [0, 0.05) is 16.8 Å². The van der Waals surface area contributed by atoms with E-state index in [1.807, 2.05) is 0 Å². The monoisotopic (exact) mass is 499 g/mol. The van der Waals surface area contributed by atoms with Gasteiger partial charge in [0.2, 0.25) is 0 Å². The summed E-state index contributed by atoms with van der Waals surface area (Å²) < 4.78 is 122. The number of β-amino-alcohol motifs (C(OH)–C–C–N with tert-alkyl or cyclic N) is 1. The van der Waals surface area contributed by atoms with Crippen LogP contribution in [0.4, 0.5) is 46.9 Å². The molecule has 2 aromatic carbocycles. The third-order valence-electron chi connectivity index (χ3n) is 4.70. The Balaban J connectivity index is 2.24. The summed E-state index contributed by atoms with van der Waals surface area (Å²) in [7, 11) is 0. The van der Waals surface area contributed by atoms with E-state index in [1.165, 1.54) is 0 Å². The molecule has 1 fully saturated rings. The van der Waals surface area contributed by atoms with Crippen molar-refractivity contribution < 1.29 is 59.4 Å². The van der Waals surface area contributed by atoms with Gasteiger partial charge in [0.1, 0.15) is 17.5 Å². The first-order chi connectivity index (χ1) is 16.8. The molecule has 7 nitrogen and oxygen atoms in total. The van der Waals surface area contributed by atoms with Crippen LogP contribution in [-0.4, -0.2) is 47.9 Å². The zero-order chi connectivity index (χ0) is 28.1. The van der Waals surface area contributed by atoms with Gasteiger partial charge in [-0.1, -0.05) is 0 Å². The lowest BCUT2D eigenvalue weighted by Gasteiger charge is -2.25. The molecule has 1 aliphatic heterocycles. The molecule has 0 unspecified atom stereocenters. The Hall–Kier alpha value is -3.39. The molecular formula is C20H15F7N2O5. The average Bonchev–Trinajstić information content (AvgIpc) is 3.00. The highest BCUT2D eigenvalue weighted by Crippen LogP contribution is 2.47. The molecule has 1 heterocycles. The third-order valence-corrected chi connectivity index (χ3v) is 4.70. The van der Waals surface area contributed by atoms with Crippen LogP contribution in [0.2, 0.25) is 0 Å². The quantitative estimate of drug-likeness (QED) is 0.631. The van der Waals surface area contributed by atoms with Crippen molar-refractivity contribution in [3.8, 4) is 5.75 Å². The Morgan fingerprint density at radius 1 is 1.12 bits per heavy atom. The predicted octanol–water partition coefficient (Wildman–Crippen LogP) is 3.57. The van der Waals surface area contributed by atoms with Crippen LogP contribution in [0, 0.1) is 5.82 Å². The minimum Gasteiger partial charge on any atom is -0.407 e. The molecule has 2 amide bonds. The van der Waals surface area contributed by atoms with Crippen LogP contribution >= 0.6 is 0 Å². The van der Waals surface area contributed by atoms with E-state index in [9.17, 15) is 50.5 Å². The largest absolute Gasteiger partial charge is 0.420 e. The number of benzene rings is 2. The van der Waals surface area contributed by atoms with Gasteiger partial charge in [-0.25, -0.2) is 9.18 Å². The first-order valence-electron chi connectivity index (χ1n) is 10.6. The van der Waals surface area contributed by atoms with E-state index in [-0.39, 0.29) is 15.9 Å². The van der Waals surface area contributed by atoms with Gasteiger partial charge in [0.25, 0.3) is 5.91 Å². The molecule has 2 aromatic rings. The molecule has 14 heteroatoms. The van der Waals surface area contributed by atoms with Crippen molar-refractivity contribution in [1.82, 2.24) is 0 Å². The van der Waals surface area contributed by atoms with E-state index in [4.69, 9.17) is 4.11 Å². The molecule has 3 rings (SSSR count). The van der Waals surface area contributed by atoms with Gasteiger partial charge >= 0.3 is 18.4 Å². The van der Waals surface area contributed by atoms with E-state index in [0.717, 1.165) is 24.3 Å². The SMILES string of the molecule is [2H]C([2H])([2H])N(C(=O)Oc1c(N2C[C@@H](O)[C@H](O)C2=O)cc(C(F)(F)F)cc1C(F)(F)F)c1ccc(F)cc1. The lowest BCUT2D eigenvalue weighted by atomic mass is 10.1. The molecule has 0 saturated carbocycles. The lowest BCUT2D eigenvalue weighted by Crippen LogP contribution is -2.33. The molecule has 34 heavy (non-hydrogen) atoms. The number of hydrogen-bond acceptors (Lipinski definition) is 5. The highest BCUT2D eigenvalue weighted by Gasteiger charge is 2.46. The Bertz CT molecular complexity index is 1200. The van der Waals surface area contributed by atoms with E-state index in [2.05, 4.69) is 4.74 Å². The van der Waals surface area contributed by atoms with Gasteiger partial charge in [-0.05, 0) is 36.4 Å². The van der Waals surface area contributed by atoms with E-state index in [1.54, 1.807) is 0 Å². The van der Waals surface area contributed by atoms with Crippen LogP contribution < -0.4 is 14.5 Å². The number of halogens is 7. The summed E-state index contributed by atoms with van der Waals surface area (Å²) in [5, 5.41) is 19.4. The third kappa shape index (κ3) is 4.92. The Labute approximate surface area is 190 Å². The summed E-state index contributed by atoms with van der Waals surface area (Å²) in [5.41, 5.74) is -6.03. The van der Waals surface area contributed by atoms with E-state index in [0.29, 0.717) is 0 Å². The highest BCUT2D eigenvalue weighted by molar-refractivity contribution is 6.01. The number of nitrogens with zero attached hydrogens (tertiary/aromatic N) is 2. The number of aliphatic hydroxyl groups is 2. The van der Waals surface area contributed by atoms with Gasteiger partial charge in [-0.2, -0.15) is 26.3 Å². The molecule has 2 N–H and O–H groups in total. The molecule has 0 spiro atoms. The first-order valence-corrected chi connectivity index (χ1v) is 9.10. The maximum Gasteiger partial charge on any atom is 0.420 e. The second-order valence-electron chi connectivity index (χ2n) is 7.01. The fourth-order valence-electron chi connectivity index (χ4n) is 3.04. The topological polar surface area (TPSA) is 90.3 Å². The van der Waals surface area contributed by atoms with Crippen molar-refractivity contribution >= 4 is 23.4 Å². The summed E-state index contributed by atoms with van der Waals surface area (Å²) in [6.07, 6.45) is -17.2. The zero-order valence-corrected chi connectivity index (χ0v) is 16.5. The number of carbonyl (C=O) groups excluding carboxylic acids is 2. The van der Waals surface area contributed by atoms with Crippen molar-refractivity contribution in [1.29, 1.82) is 0 Å². The van der Waals surface area contributed by atoms with Crippen molar-refractivity contribution in [2.75, 3.05) is 23.3 Å². The molecule has 2 atom stereocenters. The number of carbonyl (C=O) groups is 2. The van der Waals surface area contributed by atoms with Crippen molar-refractivity contribution in [2.45, 2.75) is 24.6 Å². The Morgan fingerprint density at radius 2 is 1.74 bits per heavy atom. The summed E-state index contributed by atoms with van der Waals surface area (Å²) in [5.74, 6) is -4.07. The molecule has 1 saturated heterocycles. The number of aliphatic hydroxyl groups excluding tert-OH is 2. The molecule has 0 aliphatic carbocycles. The number of amides is 2. The number of anilines is 2. The van der Waals surface area contributed by atoms with Gasteiger partial charge in [-0.15, -0.1) is 0 Å². The normalized spacial score (nSPS) is 20.6. The van der Waals surface area contributed by atoms with Crippen molar-refractivity contribution in [3.63, 3.8) is 0 Å². The number of rotatable bonds is 3. The second kappa shape index (κ2) is 8.76. The zero-order valence-electron chi connectivity index (χ0n) is 19.5. The summed E-state index contributed by atoms with van der Waals surface area (Å²) >= 11 is 0. The van der Waals surface area contributed by atoms with Crippen LogP contribution in [0.1, 0.15) is 15.2 Å². The second-order valence-corrected chi connectivity index (χ2v) is 7.01. The molecule has 0 aromatic heterocycles. The fourth-order valence-corrected chi connectivity index (χ4v) is 3.04. The van der Waals surface area contributed by atoms with E-state index < -0.39 is 90.2 Å². The van der Waals surface area contributed by atoms with Gasteiger partial charge in [0.05, 0.1) is 17.8 Å². The van der Waals surface area contributed by atoms with Crippen LogP contribution in [0.15, 0.2) is 36.4 Å². The van der Waals surface area contributed by atoms with Gasteiger partial charge < -0.3 is 19.8 Å².